The Hall–Kier alpha value is -1.95. The summed E-state index contributed by atoms with van der Waals surface area (Å²) in [6.45, 7) is -0.312. The van der Waals surface area contributed by atoms with E-state index in [1.807, 2.05) is 0 Å². The molecule has 2 N–H and O–H groups in total. The van der Waals surface area contributed by atoms with Crippen LogP contribution in [0.5, 0.6) is 5.88 Å². The highest BCUT2D eigenvalue weighted by molar-refractivity contribution is 5.37. The van der Waals surface area contributed by atoms with Crippen LogP contribution in [0.15, 0.2) is 6.07 Å². The molecular weight excluding hydrogens is 273 g/mol. The molecule has 1 rings (SSSR count). The second-order valence-electron chi connectivity index (χ2n) is 3.37. The predicted molar refractivity (Wildman–Crippen MR) is 53.1 cm³/mol. The lowest BCUT2D eigenvalue weighted by molar-refractivity contribution is -0.276. The Morgan fingerprint density at radius 2 is 2.05 bits per heavy atom. The van der Waals surface area contributed by atoms with Crippen molar-refractivity contribution in [3.63, 3.8) is 0 Å². The number of pyridine rings is 1. The molecule has 0 saturated carbocycles. The van der Waals surface area contributed by atoms with Crippen molar-refractivity contribution < 1.29 is 26.7 Å². The summed E-state index contributed by atoms with van der Waals surface area (Å²) in [6, 6.07) is 2.43. The van der Waals surface area contributed by atoms with Crippen molar-refractivity contribution in [2.24, 2.45) is 5.73 Å². The third kappa shape index (κ3) is 4.03. The van der Waals surface area contributed by atoms with Gasteiger partial charge in [-0.15, -0.1) is 13.2 Å². The minimum Gasteiger partial charge on any atom is -0.388 e. The highest BCUT2D eigenvalue weighted by Gasteiger charge is 2.33. The summed E-state index contributed by atoms with van der Waals surface area (Å²) >= 11 is 0. The van der Waals surface area contributed by atoms with Gasteiger partial charge in [0.1, 0.15) is 5.69 Å². The first-order valence-corrected chi connectivity index (χ1v) is 4.92. The normalized spacial score (nSPS) is 11.5. The quantitative estimate of drug-likeness (QED) is 0.860. The van der Waals surface area contributed by atoms with Gasteiger partial charge in [-0.1, -0.05) is 0 Å². The van der Waals surface area contributed by atoms with Crippen molar-refractivity contribution in [1.29, 1.82) is 5.26 Å². The van der Waals surface area contributed by atoms with Gasteiger partial charge in [0.25, 0.3) is 6.43 Å². The zero-order valence-electron chi connectivity index (χ0n) is 9.34. The van der Waals surface area contributed by atoms with E-state index >= 15 is 0 Å². The summed E-state index contributed by atoms with van der Waals surface area (Å²) in [4.78, 5) is 3.09. The maximum absolute atomic E-state index is 12.7. The van der Waals surface area contributed by atoms with Gasteiger partial charge >= 0.3 is 6.36 Å². The summed E-state index contributed by atoms with van der Waals surface area (Å²) in [6.07, 6.45) is -8.61. The van der Waals surface area contributed by atoms with Crippen LogP contribution in [0.3, 0.4) is 0 Å². The third-order valence-electron chi connectivity index (χ3n) is 2.13. The lowest BCUT2D eigenvalue weighted by Gasteiger charge is -2.14. The van der Waals surface area contributed by atoms with Crippen LogP contribution in [0.4, 0.5) is 22.0 Å². The SMILES string of the molecule is N#CCc1c(CN)cc(OC(F)(F)F)nc1C(F)F. The molecule has 0 saturated heterocycles. The smallest absolute Gasteiger partial charge is 0.388 e. The van der Waals surface area contributed by atoms with Gasteiger partial charge in [0.15, 0.2) is 0 Å². The van der Waals surface area contributed by atoms with Gasteiger partial charge in [-0.05, 0) is 11.1 Å². The van der Waals surface area contributed by atoms with Crippen LogP contribution in [0, 0.1) is 11.3 Å². The largest absolute Gasteiger partial charge is 0.574 e. The van der Waals surface area contributed by atoms with Crippen LogP contribution in [0.2, 0.25) is 0 Å². The van der Waals surface area contributed by atoms with E-state index in [1.165, 1.54) is 0 Å². The highest BCUT2D eigenvalue weighted by Crippen LogP contribution is 2.29. The molecule has 0 aliphatic carbocycles. The van der Waals surface area contributed by atoms with E-state index in [9.17, 15) is 22.0 Å². The Bertz CT molecular complexity index is 495. The predicted octanol–water partition coefficient (Wildman–Crippen LogP) is 2.44. The molecule has 1 aromatic heterocycles. The Labute approximate surface area is 104 Å². The van der Waals surface area contributed by atoms with E-state index in [0.29, 0.717) is 0 Å². The van der Waals surface area contributed by atoms with Gasteiger partial charge in [-0.2, -0.15) is 5.26 Å². The molecule has 9 heteroatoms. The Kier molecular flexibility index (Phi) is 4.61. The van der Waals surface area contributed by atoms with Gasteiger partial charge in [0, 0.05) is 12.6 Å². The first-order valence-electron chi connectivity index (χ1n) is 4.92. The zero-order chi connectivity index (χ0) is 14.6. The van der Waals surface area contributed by atoms with E-state index in [2.05, 4.69) is 9.72 Å². The molecular formula is C10H8F5N3O. The molecule has 1 heterocycles. The molecule has 0 bridgehead atoms. The van der Waals surface area contributed by atoms with Crippen LogP contribution in [0.1, 0.15) is 23.2 Å². The van der Waals surface area contributed by atoms with Crippen LogP contribution < -0.4 is 10.5 Å². The lowest BCUT2D eigenvalue weighted by Crippen LogP contribution is -2.19. The molecule has 4 nitrogen and oxygen atoms in total. The monoisotopic (exact) mass is 281 g/mol. The lowest BCUT2D eigenvalue weighted by atomic mass is 10.0. The number of ether oxygens (including phenoxy) is 1. The molecule has 0 aliphatic rings. The highest BCUT2D eigenvalue weighted by atomic mass is 19.4. The number of nitriles is 1. The van der Waals surface area contributed by atoms with Crippen molar-refractivity contribution >= 4 is 0 Å². The second kappa shape index (κ2) is 5.79. The standard InChI is InChI=1S/C10H8F5N3O/c11-9(12)8-6(1-2-16)5(4-17)3-7(18-8)19-10(13,14)15/h3,9H,1,4,17H2. The molecule has 0 atom stereocenters. The molecule has 0 fully saturated rings. The first-order chi connectivity index (χ1) is 8.78. The number of nitrogens with zero attached hydrogens (tertiary/aromatic N) is 2. The van der Waals surface area contributed by atoms with Crippen LogP contribution >= 0.6 is 0 Å². The number of rotatable bonds is 4. The van der Waals surface area contributed by atoms with E-state index in [4.69, 9.17) is 11.0 Å². The Morgan fingerprint density at radius 3 is 2.47 bits per heavy atom. The van der Waals surface area contributed by atoms with E-state index in [0.717, 1.165) is 6.07 Å². The number of alkyl halides is 5. The summed E-state index contributed by atoms with van der Waals surface area (Å²) in [5.41, 5.74) is 4.13. The number of hydrogen-bond acceptors (Lipinski definition) is 4. The van der Waals surface area contributed by atoms with Crippen molar-refractivity contribution in [1.82, 2.24) is 4.98 Å². The van der Waals surface area contributed by atoms with Gasteiger partial charge in [-0.3, -0.25) is 0 Å². The van der Waals surface area contributed by atoms with E-state index in [1.54, 1.807) is 6.07 Å². The average molecular weight is 281 g/mol. The summed E-state index contributed by atoms with van der Waals surface area (Å²) in [5, 5.41) is 8.53. The molecule has 1 aromatic rings. The number of nitrogens with two attached hydrogens (primary N) is 1. The topological polar surface area (TPSA) is 71.9 Å². The molecule has 0 aliphatic heterocycles. The number of halogens is 5. The summed E-state index contributed by atoms with van der Waals surface area (Å²) in [7, 11) is 0. The van der Waals surface area contributed by atoms with Gasteiger partial charge < -0.3 is 10.5 Å². The molecule has 0 aromatic carbocycles. The minimum absolute atomic E-state index is 0.0360. The van der Waals surface area contributed by atoms with Crippen LogP contribution in [-0.2, 0) is 13.0 Å². The maximum Gasteiger partial charge on any atom is 0.574 e. The van der Waals surface area contributed by atoms with Crippen LogP contribution in [-0.4, -0.2) is 11.3 Å². The fourth-order valence-corrected chi connectivity index (χ4v) is 1.44. The minimum atomic E-state index is -5.05. The van der Waals surface area contributed by atoms with Crippen molar-refractivity contribution in [3.05, 3.63) is 22.9 Å². The van der Waals surface area contributed by atoms with Gasteiger partial charge in [-0.25, -0.2) is 13.8 Å². The zero-order valence-corrected chi connectivity index (χ0v) is 9.34. The fraction of sp³-hybridized carbons (Fsp3) is 0.400. The summed E-state index contributed by atoms with van der Waals surface area (Å²) < 4.78 is 65.0. The summed E-state index contributed by atoms with van der Waals surface area (Å²) in [5.74, 6) is -1.02. The number of aromatic nitrogens is 1. The molecule has 0 radical (unpaired) electrons. The van der Waals surface area contributed by atoms with Gasteiger partial charge in [0.2, 0.25) is 5.88 Å². The number of hydrogen-bond donors (Lipinski definition) is 1. The molecule has 0 unspecified atom stereocenters. The first kappa shape index (κ1) is 15.1. The van der Waals surface area contributed by atoms with Gasteiger partial charge in [0.05, 0.1) is 12.5 Å². The van der Waals surface area contributed by atoms with Crippen molar-refractivity contribution in [2.75, 3.05) is 0 Å². The Balaban J connectivity index is 3.32. The molecule has 19 heavy (non-hydrogen) atoms. The second-order valence-corrected chi connectivity index (χ2v) is 3.37. The molecule has 0 spiro atoms. The van der Waals surface area contributed by atoms with E-state index < -0.39 is 30.8 Å². The van der Waals surface area contributed by atoms with Crippen molar-refractivity contribution in [2.45, 2.75) is 25.8 Å². The van der Waals surface area contributed by atoms with Crippen molar-refractivity contribution in [3.8, 4) is 11.9 Å². The Morgan fingerprint density at radius 1 is 1.42 bits per heavy atom. The molecule has 104 valence electrons. The average Bonchev–Trinajstić information content (AvgIpc) is 2.28. The maximum atomic E-state index is 12.7. The fourth-order valence-electron chi connectivity index (χ4n) is 1.44. The van der Waals surface area contributed by atoms with E-state index in [-0.39, 0.29) is 17.7 Å². The molecule has 0 amide bonds. The third-order valence-corrected chi connectivity index (χ3v) is 2.13. The van der Waals surface area contributed by atoms with Crippen LogP contribution in [0.25, 0.3) is 0 Å².